The zero-order chi connectivity index (χ0) is 22.2. The molecule has 3 aliphatic heterocycles. The van der Waals surface area contributed by atoms with Crippen molar-refractivity contribution in [3.8, 4) is 11.5 Å². The summed E-state index contributed by atoms with van der Waals surface area (Å²) in [5.74, 6) is 1.98. The molecule has 0 aliphatic carbocycles. The van der Waals surface area contributed by atoms with Crippen LogP contribution in [-0.4, -0.2) is 8.80 Å². The molecule has 0 amide bonds. The van der Waals surface area contributed by atoms with Crippen molar-refractivity contribution in [2.24, 2.45) is 0 Å². The van der Waals surface area contributed by atoms with Gasteiger partial charge in [0.1, 0.15) is 11.5 Å². The van der Waals surface area contributed by atoms with Gasteiger partial charge in [0.2, 0.25) is 0 Å². The molecule has 0 saturated heterocycles. The third-order valence-corrected chi connectivity index (χ3v) is 10.0. The quantitative estimate of drug-likeness (QED) is 0.306. The Balaban J connectivity index is 1.52. The van der Waals surface area contributed by atoms with Crippen molar-refractivity contribution < 1.29 is 4.74 Å². The Hall–Kier alpha value is -4.28. The van der Waals surface area contributed by atoms with Crippen molar-refractivity contribution in [2.45, 2.75) is 0 Å². The van der Waals surface area contributed by atoms with Crippen LogP contribution in [0.1, 0.15) is 0 Å². The number of ether oxygens (including phenoxy) is 1. The van der Waals surface area contributed by atoms with Crippen LogP contribution < -0.4 is 30.1 Å². The monoisotopic (exact) mass is 451 g/mol. The minimum absolute atomic E-state index is 0.991. The molecule has 0 fully saturated rings. The number of benzene rings is 5. The number of nitrogens with zero attached hydrogens (tertiary/aromatic N) is 2. The van der Waals surface area contributed by atoms with E-state index in [1.165, 1.54) is 49.7 Å². The molecule has 0 spiro atoms. The molecule has 3 heterocycles. The molecule has 5 aromatic rings. The summed E-state index contributed by atoms with van der Waals surface area (Å²) in [6, 6.07) is 41.1. The fourth-order valence-electron chi connectivity index (χ4n) is 5.70. The van der Waals surface area contributed by atoms with Crippen LogP contribution in [0.15, 0.2) is 115 Å². The van der Waals surface area contributed by atoms with Gasteiger partial charge in [0.05, 0.1) is 0 Å². The Kier molecular flexibility index (Phi) is 3.54. The predicted octanol–water partition coefficient (Wildman–Crippen LogP) is 5.87. The standard InChI is InChI=1S/C30H19N2OSi/c1-3-10-20(11-4-1)31-22-14-7-15-23-28(22)34-29-24(31)16-8-18-26(29)33-27-19-9-17-25(30(27)34)32(23)21-12-5-2-6-13-21/h1-19H. The van der Waals surface area contributed by atoms with E-state index >= 15 is 0 Å². The summed E-state index contributed by atoms with van der Waals surface area (Å²) in [5, 5.41) is 4.14. The topological polar surface area (TPSA) is 15.7 Å². The van der Waals surface area contributed by atoms with Gasteiger partial charge in [-0.05, 0) is 65.9 Å². The summed E-state index contributed by atoms with van der Waals surface area (Å²) in [4.78, 5) is 4.83. The second kappa shape index (κ2) is 6.62. The first-order chi connectivity index (χ1) is 16.9. The van der Waals surface area contributed by atoms with Gasteiger partial charge in [-0.25, -0.2) is 0 Å². The maximum atomic E-state index is 6.59. The van der Waals surface area contributed by atoms with Gasteiger partial charge in [0, 0.05) is 44.5 Å². The van der Waals surface area contributed by atoms with E-state index in [4.69, 9.17) is 4.74 Å². The molecule has 1 radical (unpaired) electrons. The Morgan fingerprint density at radius 3 is 1.29 bits per heavy atom. The summed E-state index contributed by atoms with van der Waals surface area (Å²) in [5.41, 5.74) is 7.34. The van der Waals surface area contributed by atoms with Gasteiger partial charge in [-0.15, -0.1) is 0 Å². The lowest BCUT2D eigenvalue weighted by atomic mass is 10.1. The maximum absolute atomic E-state index is 6.59. The van der Waals surface area contributed by atoms with Crippen LogP contribution in [0.5, 0.6) is 11.5 Å². The number of para-hydroxylation sites is 2. The Bertz CT molecular complexity index is 1480. The highest BCUT2D eigenvalue weighted by Crippen LogP contribution is 2.47. The zero-order valence-electron chi connectivity index (χ0n) is 18.3. The first-order valence-electron chi connectivity index (χ1n) is 11.6. The summed E-state index contributed by atoms with van der Waals surface area (Å²) >= 11 is 0. The average Bonchev–Trinajstić information content (AvgIpc) is 2.90. The molecule has 0 saturated carbocycles. The van der Waals surface area contributed by atoms with Crippen molar-refractivity contribution >= 4 is 58.5 Å². The molecule has 34 heavy (non-hydrogen) atoms. The van der Waals surface area contributed by atoms with Crippen LogP contribution in [0.3, 0.4) is 0 Å². The first-order valence-corrected chi connectivity index (χ1v) is 13.1. The second-order valence-electron chi connectivity index (χ2n) is 8.79. The lowest BCUT2D eigenvalue weighted by molar-refractivity contribution is 0.487. The average molecular weight is 452 g/mol. The SMILES string of the molecule is c1ccc(N2c3cccc4c3[Si]3c5c(cccc5N(c5ccccc5)c5cccc2c53)O4)cc1. The number of hydrogen-bond donors (Lipinski definition) is 0. The minimum atomic E-state index is -1.25. The lowest BCUT2D eigenvalue weighted by Crippen LogP contribution is -2.63. The second-order valence-corrected chi connectivity index (χ2v) is 11.0. The van der Waals surface area contributed by atoms with Crippen molar-refractivity contribution in [2.75, 3.05) is 9.80 Å². The van der Waals surface area contributed by atoms with Gasteiger partial charge >= 0.3 is 0 Å². The van der Waals surface area contributed by atoms with Gasteiger partial charge in [-0.3, -0.25) is 0 Å². The van der Waals surface area contributed by atoms with E-state index in [1.54, 1.807) is 0 Å². The molecule has 159 valence electrons. The van der Waals surface area contributed by atoms with Crippen LogP contribution in [0.4, 0.5) is 34.1 Å². The van der Waals surface area contributed by atoms with E-state index < -0.39 is 8.80 Å². The minimum Gasteiger partial charge on any atom is -0.457 e. The molecular formula is C30H19N2OSi. The van der Waals surface area contributed by atoms with Crippen LogP contribution in [0, 0.1) is 0 Å². The van der Waals surface area contributed by atoms with Gasteiger partial charge in [0.25, 0.3) is 0 Å². The van der Waals surface area contributed by atoms with Crippen LogP contribution in [0.2, 0.25) is 0 Å². The van der Waals surface area contributed by atoms with Gasteiger partial charge in [-0.2, -0.15) is 0 Å². The smallest absolute Gasteiger partial charge is 0.175 e. The molecule has 0 bridgehead atoms. The Morgan fingerprint density at radius 1 is 0.412 bits per heavy atom. The molecule has 5 aromatic carbocycles. The molecule has 0 aromatic heterocycles. The summed E-state index contributed by atoms with van der Waals surface area (Å²) in [7, 11) is -1.25. The van der Waals surface area contributed by atoms with E-state index in [-0.39, 0.29) is 0 Å². The van der Waals surface area contributed by atoms with Gasteiger partial charge in [0.15, 0.2) is 8.80 Å². The molecule has 0 unspecified atom stereocenters. The van der Waals surface area contributed by atoms with Crippen molar-refractivity contribution in [3.05, 3.63) is 115 Å². The third-order valence-electron chi connectivity index (χ3n) is 6.99. The summed E-state index contributed by atoms with van der Waals surface area (Å²) in [6.07, 6.45) is 0. The fraction of sp³-hybridized carbons (Fsp3) is 0. The zero-order valence-corrected chi connectivity index (χ0v) is 19.3. The van der Waals surface area contributed by atoms with Crippen molar-refractivity contribution in [1.29, 1.82) is 0 Å². The van der Waals surface area contributed by atoms with E-state index in [0.717, 1.165) is 11.5 Å². The third kappa shape index (κ3) is 2.25. The van der Waals surface area contributed by atoms with Crippen LogP contribution in [-0.2, 0) is 0 Å². The largest absolute Gasteiger partial charge is 0.457 e. The molecule has 0 N–H and O–H groups in total. The predicted molar refractivity (Wildman–Crippen MR) is 141 cm³/mol. The van der Waals surface area contributed by atoms with Gasteiger partial charge < -0.3 is 14.5 Å². The Morgan fingerprint density at radius 2 is 0.824 bits per heavy atom. The van der Waals surface area contributed by atoms with E-state index in [9.17, 15) is 0 Å². The number of anilines is 6. The molecule has 8 rings (SSSR count). The number of hydrogen-bond acceptors (Lipinski definition) is 3. The molecule has 3 aliphatic rings. The lowest BCUT2D eigenvalue weighted by Gasteiger charge is -2.46. The van der Waals surface area contributed by atoms with Gasteiger partial charge in [-0.1, -0.05) is 54.6 Å². The number of rotatable bonds is 2. The Labute approximate surface area is 199 Å². The highest BCUT2D eigenvalue weighted by Gasteiger charge is 2.47. The summed E-state index contributed by atoms with van der Waals surface area (Å²) in [6.45, 7) is 0. The molecule has 3 nitrogen and oxygen atoms in total. The summed E-state index contributed by atoms with van der Waals surface area (Å²) < 4.78 is 6.59. The van der Waals surface area contributed by atoms with E-state index in [0.29, 0.717) is 0 Å². The molecular weight excluding hydrogens is 432 g/mol. The van der Waals surface area contributed by atoms with Crippen LogP contribution in [0.25, 0.3) is 0 Å². The van der Waals surface area contributed by atoms with E-state index in [2.05, 4.69) is 125 Å². The fourth-order valence-corrected chi connectivity index (χ4v) is 9.02. The molecule has 0 atom stereocenters. The van der Waals surface area contributed by atoms with Crippen LogP contribution >= 0.6 is 0 Å². The van der Waals surface area contributed by atoms with Crippen molar-refractivity contribution in [1.82, 2.24) is 0 Å². The molecule has 4 heteroatoms. The van der Waals surface area contributed by atoms with Crippen molar-refractivity contribution in [3.63, 3.8) is 0 Å². The maximum Gasteiger partial charge on any atom is 0.175 e. The highest BCUT2D eigenvalue weighted by atomic mass is 28.3. The normalized spacial score (nSPS) is 14.5. The first kappa shape index (κ1) is 18.2. The van der Waals surface area contributed by atoms with E-state index in [1.807, 2.05) is 0 Å². The highest BCUT2D eigenvalue weighted by molar-refractivity contribution is 7.01.